The van der Waals surface area contributed by atoms with Crippen molar-refractivity contribution < 1.29 is 10.5 Å². The molecule has 4 aliphatic carbocycles. The number of fused-ring (bicyclic) bond motifs is 5. The topological polar surface area (TPSA) is 44.7 Å². The summed E-state index contributed by atoms with van der Waals surface area (Å²) in [6.45, 7) is 10.2. The van der Waals surface area contributed by atoms with Gasteiger partial charge in [0.2, 0.25) is 0 Å². The molecule has 0 saturated heterocycles. The van der Waals surface area contributed by atoms with E-state index in [-0.39, 0.29) is 5.41 Å². The second-order valence-electron chi connectivity index (χ2n) is 9.83. The lowest BCUT2D eigenvalue weighted by Crippen LogP contribution is -2.53. The summed E-state index contributed by atoms with van der Waals surface area (Å²) in [6.07, 6.45) is 10.6. The molecule has 2 nitrogen and oxygen atoms in total. The first-order valence-corrected chi connectivity index (χ1v) is 11.9. The van der Waals surface area contributed by atoms with Crippen molar-refractivity contribution >= 4 is 17.5 Å². The number of rotatable bonds is 4. The van der Waals surface area contributed by atoms with E-state index in [1.165, 1.54) is 30.6 Å². The van der Waals surface area contributed by atoms with Crippen LogP contribution in [0, 0.1) is 34.5 Å². The van der Waals surface area contributed by atoms with Gasteiger partial charge in [-0.05, 0) is 67.6 Å². The van der Waals surface area contributed by atoms with Crippen molar-refractivity contribution in [1.82, 2.24) is 0 Å². The maximum atomic E-state index is 12.7. The molecular weight excluding hydrogens is 338 g/mol. The van der Waals surface area contributed by atoms with Gasteiger partial charge in [-0.3, -0.25) is 4.79 Å². The van der Waals surface area contributed by atoms with Crippen LogP contribution in [0.15, 0.2) is 23.8 Å². The lowest BCUT2D eigenvalue weighted by atomic mass is 9.45. The third kappa shape index (κ3) is 2.76. The zero-order chi connectivity index (χ0) is 18.5. The van der Waals surface area contributed by atoms with Gasteiger partial charge in [-0.25, -0.2) is 0 Å². The zero-order valence-corrected chi connectivity index (χ0v) is 17.5. The Balaban J connectivity index is 1.68. The highest BCUT2D eigenvalue weighted by Gasteiger charge is 2.60. The van der Waals surface area contributed by atoms with Crippen molar-refractivity contribution in [3.63, 3.8) is 0 Å². The van der Waals surface area contributed by atoms with Crippen molar-refractivity contribution in [2.45, 2.75) is 58.8 Å². The smallest absolute Gasteiger partial charge is 0.139 e. The van der Waals surface area contributed by atoms with E-state index in [2.05, 4.69) is 44.0 Å². The number of carbonyl (C=O) groups excluding carboxylic acids is 1. The van der Waals surface area contributed by atoms with E-state index >= 15 is 0 Å². The van der Waals surface area contributed by atoms with Crippen LogP contribution in [0.3, 0.4) is 0 Å². The third-order valence-electron chi connectivity index (χ3n) is 8.55. The molecule has 6 unspecified atom stereocenters. The molecule has 4 aliphatic rings. The summed E-state index contributed by atoms with van der Waals surface area (Å²) in [5, 5.41) is 0. The first-order valence-electron chi connectivity index (χ1n) is 10.7. The molecule has 0 bridgehead atoms. The van der Waals surface area contributed by atoms with Gasteiger partial charge in [0.1, 0.15) is 5.78 Å². The van der Waals surface area contributed by atoms with Crippen molar-refractivity contribution in [3.05, 3.63) is 23.8 Å². The highest BCUT2D eigenvalue weighted by molar-refractivity contribution is 7.99. The number of hydrogen-bond acceptors (Lipinski definition) is 2. The van der Waals surface area contributed by atoms with Crippen LogP contribution in [0.25, 0.3) is 0 Å². The molecule has 144 valence electrons. The first-order chi connectivity index (χ1) is 12.4. The number of allylic oxidation sites excluding steroid dienone is 3. The number of hydrogen-bond donors (Lipinski definition) is 1. The molecule has 3 N–H and O–H groups in total. The lowest BCUT2D eigenvalue weighted by molar-refractivity contribution is -0.360. The average Bonchev–Trinajstić information content (AvgIpc) is 2.92. The summed E-state index contributed by atoms with van der Waals surface area (Å²) >= 11 is 2.08. The summed E-state index contributed by atoms with van der Waals surface area (Å²) in [5.74, 6) is 5.79. The molecule has 0 aromatic heterocycles. The van der Waals surface area contributed by atoms with Crippen LogP contribution >= 0.6 is 11.8 Å². The summed E-state index contributed by atoms with van der Waals surface area (Å²) < 4.78 is 0. The van der Waals surface area contributed by atoms with E-state index in [9.17, 15) is 4.79 Å². The number of quaternary nitrogens is 1. The minimum Gasteiger partial charge on any atom is -0.357 e. The van der Waals surface area contributed by atoms with Gasteiger partial charge in [-0.15, -0.1) is 0 Å². The highest BCUT2D eigenvalue weighted by Crippen LogP contribution is 2.66. The Morgan fingerprint density at radius 3 is 2.73 bits per heavy atom. The fourth-order valence-corrected chi connectivity index (χ4v) is 8.10. The molecule has 0 radical (unpaired) electrons. The molecule has 26 heavy (non-hydrogen) atoms. The van der Waals surface area contributed by atoms with Crippen molar-refractivity contribution in [1.29, 1.82) is 0 Å². The monoisotopic (exact) mass is 374 g/mol. The molecule has 0 aromatic carbocycles. The average molecular weight is 375 g/mol. The lowest BCUT2D eigenvalue weighted by Gasteiger charge is -2.59. The van der Waals surface area contributed by atoms with Gasteiger partial charge in [-0.2, -0.15) is 11.8 Å². The van der Waals surface area contributed by atoms with Crippen LogP contribution in [0.2, 0.25) is 0 Å². The fraction of sp³-hybridized carbons (Fsp3) is 0.783. The van der Waals surface area contributed by atoms with E-state index in [0.29, 0.717) is 23.0 Å². The fourth-order valence-electron chi connectivity index (χ4n) is 7.12. The van der Waals surface area contributed by atoms with Crippen LogP contribution in [0.1, 0.15) is 58.8 Å². The van der Waals surface area contributed by atoms with Gasteiger partial charge in [0, 0.05) is 23.3 Å². The van der Waals surface area contributed by atoms with Crippen LogP contribution in [0.5, 0.6) is 0 Å². The Morgan fingerprint density at radius 1 is 1.19 bits per heavy atom. The maximum absolute atomic E-state index is 12.7. The number of carbonyl (C=O) groups is 1. The second kappa shape index (κ2) is 6.81. The molecule has 0 spiro atoms. The first kappa shape index (κ1) is 18.8. The molecule has 0 aliphatic heterocycles. The van der Waals surface area contributed by atoms with E-state index in [1.54, 1.807) is 5.57 Å². The molecule has 3 fully saturated rings. The van der Waals surface area contributed by atoms with Gasteiger partial charge in [-0.1, -0.05) is 37.6 Å². The molecule has 0 amide bonds. The third-order valence-corrected chi connectivity index (χ3v) is 9.77. The summed E-state index contributed by atoms with van der Waals surface area (Å²) in [6, 6.07) is 0. The van der Waals surface area contributed by atoms with Crippen LogP contribution in [-0.2, 0) is 4.79 Å². The molecular formula is C23H36NOS+. The molecule has 3 saturated carbocycles. The van der Waals surface area contributed by atoms with E-state index in [1.807, 2.05) is 0 Å². The number of ketones is 1. The van der Waals surface area contributed by atoms with Crippen molar-refractivity contribution in [3.8, 4) is 0 Å². The molecule has 3 heteroatoms. The Labute approximate surface area is 163 Å². The molecule has 4 rings (SSSR count). The van der Waals surface area contributed by atoms with Gasteiger partial charge in [0.25, 0.3) is 0 Å². The summed E-state index contributed by atoms with van der Waals surface area (Å²) in [4.78, 5) is 12.7. The zero-order valence-electron chi connectivity index (χ0n) is 16.7. The molecule has 0 aromatic rings. The van der Waals surface area contributed by atoms with Crippen molar-refractivity contribution in [2.24, 2.45) is 34.5 Å². The van der Waals surface area contributed by atoms with Crippen LogP contribution in [0.4, 0.5) is 0 Å². The van der Waals surface area contributed by atoms with Crippen molar-refractivity contribution in [2.75, 3.05) is 18.1 Å². The normalized spacial score (nSPS) is 45.0. The Bertz CT molecular complexity index is 640. The largest absolute Gasteiger partial charge is 0.357 e. The Morgan fingerprint density at radius 2 is 1.96 bits per heavy atom. The molecule has 6 atom stereocenters. The number of thioether (sulfide) groups is 1. The quantitative estimate of drug-likeness (QED) is 0.747. The molecule has 0 heterocycles. The van der Waals surface area contributed by atoms with Gasteiger partial charge in [0.15, 0.2) is 0 Å². The Kier molecular flexibility index (Phi) is 4.93. The van der Waals surface area contributed by atoms with E-state index in [0.717, 1.165) is 49.8 Å². The summed E-state index contributed by atoms with van der Waals surface area (Å²) in [5.41, 5.74) is 7.38. The Hall–Kier alpha value is -0.540. The minimum atomic E-state index is -0.0119. The van der Waals surface area contributed by atoms with Crippen LogP contribution in [-0.4, -0.2) is 23.8 Å². The van der Waals surface area contributed by atoms with Gasteiger partial charge >= 0.3 is 0 Å². The van der Waals surface area contributed by atoms with Gasteiger partial charge in [0.05, 0.1) is 6.54 Å². The second-order valence-corrected chi connectivity index (χ2v) is 11.0. The predicted octanol–water partition coefficient (Wildman–Crippen LogP) is 4.28. The summed E-state index contributed by atoms with van der Waals surface area (Å²) in [7, 11) is 0. The highest BCUT2D eigenvalue weighted by atomic mass is 32.2. The number of Topliss-reactive ketones (excluding diaryl/α,β-unsaturated/α-hetero) is 1. The van der Waals surface area contributed by atoms with Crippen LogP contribution < -0.4 is 5.73 Å². The van der Waals surface area contributed by atoms with E-state index < -0.39 is 0 Å². The minimum absolute atomic E-state index is 0.0119. The van der Waals surface area contributed by atoms with E-state index in [4.69, 9.17) is 0 Å². The maximum Gasteiger partial charge on any atom is 0.139 e. The SMILES string of the molecule is C=C1C=C2C(CSCC[NH3+])CC3C4CCC(=O)C4(C)CCC3C2(C)CC1. The standard InChI is InChI=1S/C23H35NOS/c1-15-6-8-22(2)19-7-9-23(3)18(4-5-21(23)25)17(19)13-16(20(22)12-15)14-26-11-10-24/h12,16-19H,1,4-11,13-14,24H2,2-3H3/p+1. The predicted molar refractivity (Wildman–Crippen MR) is 110 cm³/mol. The van der Waals surface area contributed by atoms with Gasteiger partial charge < -0.3 is 5.73 Å².